The second-order valence-electron chi connectivity index (χ2n) is 3.99. The summed E-state index contributed by atoms with van der Waals surface area (Å²) in [5, 5.41) is 11.7. The Labute approximate surface area is 95.9 Å². The normalized spacial score (nSPS) is 20.7. The maximum atomic E-state index is 8.57. The molecule has 0 amide bonds. The largest absolute Gasteiger partial charge is 0.409 e. The van der Waals surface area contributed by atoms with Gasteiger partial charge in [0.25, 0.3) is 0 Å². The first kappa shape index (κ1) is 12.6. The Balaban J connectivity index is 2.18. The summed E-state index contributed by atoms with van der Waals surface area (Å²) >= 11 is 1.90. The van der Waals surface area contributed by atoms with Crippen LogP contribution in [0.25, 0.3) is 0 Å². The van der Waals surface area contributed by atoms with Gasteiger partial charge in [-0.25, -0.2) is 0 Å². The average molecular weight is 231 g/mol. The van der Waals surface area contributed by atoms with Crippen LogP contribution in [0.1, 0.15) is 19.3 Å². The molecule has 0 saturated carbocycles. The fourth-order valence-electron chi connectivity index (χ4n) is 1.97. The van der Waals surface area contributed by atoms with E-state index in [-0.39, 0.29) is 5.92 Å². The summed E-state index contributed by atoms with van der Waals surface area (Å²) in [5.41, 5.74) is 5.59. The van der Waals surface area contributed by atoms with Gasteiger partial charge in [-0.05, 0) is 50.9 Å². The lowest BCUT2D eigenvalue weighted by atomic mass is 9.96. The molecule has 1 aliphatic heterocycles. The lowest BCUT2D eigenvalue weighted by Crippen LogP contribution is -2.39. The number of rotatable bonds is 5. The highest BCUT2D eigenvalue weighted by atomic mass is 32.2. The molecule has 0 bridgehead atoms. The molecule has 0 aromatic carbocycles. The first-order valence-corrected chi connectivity index (χ1v) is 6.86. The van der Waals surface area contributed by atoms with E-state index in [0.717, 1.165) is 25.9 Å². The highest BCUT2D eigenvalue weighted by molar-refractivity contribution is 7.98. The fourth-order valence-corrected chi connectivity index (χ4v) is 2.38. The quantitative estimate of drug-likeness (QED) is 0.245. The van der Waals surface area contributed by atoms with Crippen LogP contribution in [-0.4, -0.2) is 47.6 Å². The van der Waals surface area contributed by atoms with E-state index in [4.69, 9.17) is 10.9 Å². The van der Waals surface area contributed by atoms with Crippen LogP contribution in [0.3, 0.4) is 0 Å². The van der Waals surface area contributed by atoms with Crippen LogP contribution in [0.2, 0.25) is 0 Å². The molecule has 0 unspecified atom stereocenters. The zero-order valence-electron chi connectivity index (χ0n) is 9.35. The number of piperidine rings is 1. The molecule has 5 heteroatoms. The minimum Gasteiger partial charge on any atom is -0.409 e. The molecule has 1 heterocycles. The van der Waals surface area contributed by atoms with Gasteiger partial charge in [-0.15, -0.1) is 0 Å². The molecule has 0 aromatic rings. The Hall–Kier alpha value is -0.420. The number of likely N-dealkylation sites (tertiary alicyclic amines) is 1. The van der Waals surface area contributed by atoms with Crippen molar-refractivity contribution in [2.75, 3.05) is 31.6 Å². The number of thioether (sulfide) groups is 1. The van der Waals surface area contributed by atoms with E-state index in [1.807, 2.05) is 11.8 Å². The van der Waals surface area contributed by atoms with Crippen molar-refractivity contribution in [1.82, 2.24) is 4.90 Å². The highest BCUT2D eigenvalue weighted by Gasteiger charge is 2.21. The molecule has 0 atom stereocenters. The molecule has 0 aliphatic carbocycles. The minimum absolute atomic E-state index is 0.284. The molecule has 1 aliphatic rings. The monoisotopic (exact) mass is 231 g/mol. The van der Waals surface area contributed by atoms with Crippen molar-refractivity contribution in [3.8, 4) is 0 Å². The molecule has 3 N–H and O–H groups in total. The molecule has 1 rings (SSSR count). The topological polar surface area (TPSA) is 61.8 Å². The summed E-state index contributed by atoms with van der Waals surface area (Å²) in [5.74, 6) is 1.92. The lowest BCUT2D eigenvalue weighted by Gasteiger charge is -2.31. The van der Waals surface area contributed by atoms with Gasteiger partial charge in [-0.1, -0.05) is 5.16 Å². The van der Waals surface area contributed by atoms with Crippen LogP contribution in [0.4, 0.5) is 0 Å². The van der Waals surface area contributed by atoms with Crippen molar-refractivity contribution in [3.63, 3.8) is 0 Å². The smallest absolute Gasteiger partial charge is 0.142 e. The van der Waals surface area contributed by atoms with Crippen LogP contribution in [0.15, 0.2) is 5.16 Å². The Bertz CT molecular complexity index is 203. The van der Waals surface area contributed by atoms with E-state index < -0.39 is 0 Å². The van der Waals surface area contributed by atoms with Gasteiger partial charge in [0.05, 0.1) is 0 Å². The number of nitrogens with two attached hydrogens (primary N) is 1. The summed E-state index contributed by atoms with van der Waals surface area (Å²) in [7, 11) is 0. The average Bonchev–Trinajstić information content (AvgIpc) is 2.29. The minimum atomic E-state index is 0.284. The van der Waals surface area contributed by atoms with Crippen molar-refractivity contribution >= 4 is 17.6 Å². The number of hydrogen-bond acceptors (Lipinski definition) is 4. The van der Waals surface area contributed by atoms with Gasteiger partial charge in [0.15, 0.2) is 0 Å². The zero-order valence-corrected chi connectivity index (χ0v) is 10.2. The number of oxime groups is 1. The molecule has 0 spiro atoms. The maximum absolute atomic E-state index is 8.57. The summed E-state index contributed by atoms with van der Waals surface area (Å²) in [6, 6.07) is 0. The summed E-state index contributed by atoms with van der Waals surface area (Å²) in [6.45, 7) is 3.34. The Kier molecular flexibility index (Phi) is 5.86. The number of nitrogens with zero attached hydrogens (tertiary/aromatic N) is 2. The van der Waals surface area contributed by atoms with Crippen LogP contribution >= 0.6 is 11.8 Å². The van der Waals surface area contributed by atoms with Gasteiger partial charge < -0.3 is 15.8 Å². The van der Waals surface area contributed by atoms with Gasteiger partial charge in [0.1, 0.15) is 5.84 Å². The second kappa shape index (κ2) is 6.95. The van der Waals surface area contributed by atoms with E-state index in [0.29, 0.717) is 5.84 Å². The maximum Gasteiger partial charge on any atom is 0.142 e. The van der Waals surface area contributed by atoms with E-state index in [1.165, 1.54) is 18.7 Å². The van der Waals surface area contributed by atoms with E-state index in [9.17, 15) is 0 Å². The predicted molar refractivity (Wildman–Crippen MR) is 65.6 cm³/mol. The van der Waals surface area contributed by atoms with Crippen LogP contribution in [0.5, 0.6) is 0 Å². The third kappa shape index (κ3) is 4.30. The third-order valence-corrected chi connectivity index (χ3v) is 3.64. The predicted octanol–water partition coefficient (Wildman–Crippen LogP) is 1.20. The summed E-state index contributed by atoms with van der Waals surface area (Å²) in [4.78, 5) is 2.47. The summed E-state index contributed by atoms with van der Waals surface area (Å²) < 4.78 is 0. The molecular weight excluding hydrogens is 210 g/mol. The second-order valence-corrected chi connectivity index (χ2v) is 4.97. The molecule has 1 fully saturated rings. The van der Waals surface area contributed by atoms with Crippen molar-refractivity contribution in [3.05, 3.63) is 0 Å². The Morgan fingerprint density at radius 3 is 2.73 bits per heavy atom. The van der Waals surface area contributed by atoms with Crippen LogP contribution < -0.4 is 5.73 Å². The van der Waals surface area contributed by atoms with Gasteiger partial charge in [0, 0.05) is 5.92 Å². The molecule has 0 radical (unpaired) electrons. The number of hydrogen-bond donors (Lipinski definition) is 2. The molecule has 1 saturated heterocycles. The van der Waals surface area contributed by atoms with Gasteiger partial charge in [-0.3, -0.25) is 0 Å². The molecule has 15 heavy (non-hydrogen) atoms. The SMILES string of the molecule is CSCCCN1CCC(C(N)=NO)CC1. The van der Waals surface area contributed by atoms with Gasteiger partial charge in [0.2, 0.25) is 0 Å². The van der Waals surface area contributed by atoms with Crippen molar-refractivity contribution < 1.29 is 5.21 Å². The molecule has 88 valence electrons. The molecule has 0 aromatic heterocycles. The first-order valence-electron chi connectivity index (χ1n) is 5.46. The van der Waals surface area contributed by atoms with Gasteiger partial charge >= 0.3 is 0 Å². The highest BCUT2D eigenvalue weighted by Crippen LogP contribution is 2.17. The zero-order chi connectivity index (χ0) is 11.1. The lowest BCUT2D eigenvalue weighted by molar-refractivity contribution is 0.207. The fraction of sp³-hybridized carbons (Fsp3) is 0.900. The Morgan fingerprint density at radius 1 is 1.53 bits per heavy atom. The van der Waals surface area contributed by atoms with E-state index in [2.05, 4.69) is 16.3 Å². The van der Waals surface area contributed by atoms with Crippen molar-refractivity contribution in [1.29, 1.82) is 0 Å². The van der Waals surface area contributed by atoms with Crippen molar-refractivity contribution in [2.24, 2.45) is 16.8 Å². The molecule has 4 nitrogen and oxygen atoms in total. The van der Waals surface area contributed by atoms with E-state index >= 15 is 0 Å². The Morgan fingerprint density at radius 2 is 2.20 bits per heavy atom. The van der Waals surface area contributed by atoms with Crippen molar-refractivity contribution in [2.45, 2.75) is 19.3 Å². The van der Waals surface area contributed by atoms with Crippen LogP contribution in [0, 0.1) is 5.92 Å². The molecular formula is C10H21N3OS. The van der Waals surface area contributed by atoms with Crippen LogP contribution in [-0.2, 0) is 0 Å². The van der Waals surface area contributed by atoms with E-state index in [1.54, 1.807) is 0 Å². The first-order chi connectivity index (χ1) is 7.27. The summed E-state index contributed by atoms with van der Waals surface area (Å²) in [6.07, 6.45) is 5.45. The third-order valence-electron chi connectivity index (χ3n) is 2.94. The van der Waals surface area contributed by atoms with Gasteiger partial charge in [-0.2, -0.15) is 11.8 Å². The number of amidine groups is 1. The standard InChI is InChI=1S/C10H21N3OS/c1-15-8-2-5-13-6-3-9(4-7-13)10(11)12-14/h9,14H,2-8H2,1H3,(H2,11,12).